The molecular formula is C15H18Cl2N2O3. The van der Waals surface area contributed by atoms with Crippen molar-refractivity contribution in [1.82, 2.24) is 5.32 Å². The third-order valence-corrected chi connectivity index (χ3v) is 3.37. The van der Waals surface area contributed by atoms with Crippen LogP contribution in [0.2, 0.25) is 0 Å². The van der Waals surface area contributed by atoms with E-state index in [1.54, 1.807) is 24.3 Å². The summed E-state index contributed by atoms with van der Waals surface area (Å²) in [6, 6.07) is 6.76. The maximum atomic E-state index is 11.9. The second-order valence-corrected chi connectivity index (χ2v) is 5.05. The summed E-state index contributed by atoms with van der Waals surface area (Å²) in [7, 11) is 0. The summed E-state index contributed by atoms with van der Waals surface area (Å²) in [4.78, 5) is 23.6. The third kappa shape index (κ3) is 5.58. The van der Waals surface area contributed by atoms with E-state index in [4.69, 9.17) is 27.9 Å². The first kappa shape index (κ1) is 18.3. The van der Waals surface area contributed by atoms with Crippen LogP contribution in [0, 0.1) is 0 Å². The van der Waals surface area contributed by atoms with Gasteiger partial charge in [-0.1, -0.05) is 30.1 Å². The molecule has 0 radical (unpaired) electrons. The fourth-order valence-electron chi connectivity index (χ4n) is 1.50. The highest BCUT2D eigenvalue weighted by Crippen LogP contribution is 2.19. The highest BCUT2D eigenvalue weighted by molar-refractivity contribution is 6.54. The van der Waals surface area contributed by atoms with Crippen LogP contribution in [0.4, 0.5) is 5.69 Å². The molecule has 2 amide bonds. The van der Waals surface area contributed by atoms with Crippen LogP contribution in [0.25, 0.3) is 0 Å². The van der Waals surface area contributed by atoms with E-state index in [0.717, 1.165) is 6.42 Å². The van der Waals surface area contributed by atoms with Gasteiger partial charge >= 0.3 is 0 Å². The number of benzene rings is 1. The zero-order valence-electron chi connectivity index (χ0n) is 12.4. The van der Waals surface area contributed by atoms with Crippen LogP contribution in [0.5, 0.6) is 5.75 Å². The molecule has 1 aromatic rings. The van der Waals surface area contributed by atoms with Crippen molar-refractivity contribution in [3.05, 3.63) is 34.3 Å². The van der Waals surface area contributed by atoms with Crippen molar-refractivity contribution in [2.75, 3.05) is 18.5 Å². The minimum absolute atomic E-state index is 0.335. The van der Waals surface area contributed by atoms with Crippen molar-refractivity contribution in [2.45, 2.75) is 20.3 Å². The van der Waals surface area contributed by atoms with Gasteiger partial charge in [-0.05, 0) is 37.6 Å². The van der Waals surface area contributed by atoms with Crippen molar-refractivity contribution in [3.8, 4) is 5.75 Å². The molecule has 0 spiro atoms. The lowest BCUT2D eigenvalue weighted by molar-refractivity contribution is -0.117. The molecule has 0 heterocycles. The summed E-state index contributed by atoms with van der Waals surface area (Å²) >= 11 is 11.6. The number of anilines is 1. The van der Waals surface area contributed by atoms with Gasteiger partial charge in [-0.2, -0.15) is 0 Å². The first-order valence-corrected chi connectivity index (χ1v) is 7.62. The maximum Gasteiger partial charge on any atom is 0.268 e. The van der Waals surface area contributed by atoms with Crippen LogP contribution in [-0.4, -0.2) is 25.0 Å². The highest BCUT2D eigenvalue weighted by atomic mass is 35.5. The topological polar surface area (TPSA) is 67.4 Å². The van der Waals surface area contributed by atoms with E-state index in [9.17, 15) is 9.59 Å². The van der Waals surface area contributed by atoms with Crippen LogP contribution in [0.1, 0.15) is 20.3 Å². The van der Waals surface area contributed by atoms with Crippen LogP contribution in [0.3, 0.4) is 0 Å². The van der Waals surface area contributed by atoms with E-state index in [0.29, 0.717) is 24.6 Å². The van der Waals surface area contributed by atoms with Gasteiger partial charge in [0, 0.05) is 12.2 Å². The second-order valence-electron chi connectivity index (χ2n) is 4.30. The van der Waals surface area contributed by atoms with Crippen molar-refractivity contribution in [2.24, 2.45) is 0 Å². The van der Waals surface area contributed by atoms with E-state index in [1.165, 1.54) is 0 Å². The van der Waals surface area contributed by atoms with E-state index in [2.05, 4.69) is 10.6 Å². The Balaban J connectivity index is 2.72. The Kier molecular flexibility index (Phi) is 7.77. The van der Waals surface area contributed by atoms with E-state index in [-0.39, 0.29) is 10.1 Å². The van der Waals surface area contributed by atoms with Crippen molar-refractivity contribution >= 4 is 40.7 Å². The molecule has 2 N–H and O–H groups in total. The molecular weight excluding hydrogens is 327 g/mol. The monoisotopic (exact) mass is 344 g/mol. The standard InChI is InChI=1S/C15H18Cl2N2O3/c1-3-9-18-14(20)12(16)13(17)15(21)19-10-5-7-11(8-6-10)22-4-2/h5-8H,3-4,9H2,1-2H3,(H,18,20)(H,19,21)/b13-12-. The predicted molar refractivity (Wildman–Crippen MR) is 88.3 cm³/mol. The molecule has 0 unspecified atom stereocenters. The van der Waals surface area contributed by atoms with E-state index in [1.807, 2.05) is 13.8 Å². The molecule has 0 bridgehead atoms. The summed E-state index contributed by atoms with van der Waals surface area (Å²) in [5, 5.41) is 4.41. The van der Waals surface area contributed by atoms with Crippen LogP contribution >= 0.6 is 23.2 Å². The Morgan fingerprint density at radius 3 is 2.18 bits per heavy atom. The van der Waals surface area contributed by atoms with Gasteiger partial charge in [0.1, 0.15) is 15.8 Å². The molecule has 22 heavy (non-hydrogen) atoms. The average Bonchev–Trinajstić information content (AvgIpc) is 2.53. The number of rotatable bonds is 7. The number of amides is 2. The molecule has 0 aliphatic heterocycles. The lowest BCUT2D eigenvalue weighted by Crippen LogP contribution is -2.26. The molecule has 0 aliphatic rings. The summed E-state index contributed by atoms with van der Waals surface area (Å²) in [6.07, 6.45) is 0.756. The molecule has 0 atom stereocenters. The Morgan fingerprint density at radius 2 is 1.64 bits per heavy atom. The minimum atomic E-state index is -0.650. The van der Waals surface area contributed by atoms with Crippen LogP contribution < -0.4 is 15.4 Å². The fraction of sp³-hybridized carbons (Fsp3) is 0.333. The summed E-state index contributed by atoms with van der Waals surface area (Å²) < 4.78 is 5.30. The Hall–Kier alpha value is -1.72. The van der Waals surface area contributed by atoms with Gasteiger partial charge in [-0.15, -0.1) is 0 Å². The molecule has 0 aliphatic carbocycles. The van der Waals surface area contributed by atoms with Gasteiger partial charge in [-0.25, -0.2) is 0 Å². The normalized spacial score (nSPS) is 11.5. The predicted octanol–water partition coefficient (Wildman–Crippen LogP) is 3.24. The number of carbonyl (C=O) groups excluding carboxylic acids is 2. The molecule has 1 aromatic carbocycles. The number of hydrogen-bond acceptors (Lipinski definition) is 3. The van der Waals surface area contributed by atoms with Crippen molar-refractivity contribution in [1.29, 1.82) is 0 Å². The minimum Gasteiger partial charge on any atom is -0.494 e. The number of carbonyl (C=O) groups is 2. The first-order chi connectivity index (χ1) is 10.5. The number of ether oxygens (including phenoxy) is 1. The van der Waals surface area contributed by atoms with Crippen LogP contribution in [-0.2, 0) is 9.59 Å². The Bertz CT molecular complexity index is 556. The summed E-state index contributed by atoms with van der Waals surface area (Å²) in [6.45, 7) is 4.80. The Morgan fingerprint density at radius 1 is 1.05 bits per heavy atom. The third-order valence-electron chi connectivity index (χ3n) is 2.55. The number of hydrogen-bond donors (Lipinski definition) is 2. The van der Waals surface area contributed by atoms with E-state index >= 15 is 0 Å². The SMILES string of the molecule is CCCNC(=O)/C(Cl)=C(/Cl)C(=O)Nc1ccc(OCC)cc1. The summed E-state index contributed by atoms with van der Waals surface area (Å²) in [5.74, 6) is -0.531. The maximum absolute atomic E-state index is 11.9. The molecule has 5 nitrogen and oxygen atoms in total. The Labute approximate surface area is 139 Å². The lowest BCUT2D eigenvalue weighted by atomic mass is 10.3. The van der Waals surface area contributed by atoms with E-state index < -0.39 is 11.8 Å². The van der Waals surface area contributed by atoms with Gasteiger partial charge < -0.3 is 15.4 Å². The zero-order valence-corrected chi connectivity index (χ0v) is 13.9. The molecule has 0 saturated carbocycles. The van der Waals surface area contributed by atoms with Gasteiger partial charge in [0.2, 0.25) is 0 Å². The van der Waals surface area contributed by atoms with Gasteiger partial charge in [-0.3, -0.25) is 9.59 Å². The molecule has 0 fully saturated rings. The van der Waals surface area contributed by atoms with Gasteiger partial charge in [0.15, 0.2) is 0 Å². The smallest absolute Gasteiger partial charge is 0.268 e. The largest absolute Gasteiger partial charge is 0.494 e. The van der Waals surface area contributed by atoms with Crippen molar-refractivity contribution < 1.29 is 14.3 Å². The van der Waals surface area contributed by atoms with Crippen LogP contribution in [0.15, 0.2) is 34.3 Å². The van der Waals surface area contributed by atoms with Crippen molar-refractivity contribution in [3.63, 3.8) is 0 Å². The molecule has 0 saturated heterocycles. The number of halogens is 2. The first-order valence-electron chi connectivity index (χ1n) is 6.87. The second kappa shape index (κ2) is 9.33. The molecule has 1 rings (SSSR count). The number of nitrogens with one attached hydrogen (secondary N) is 2. The molecule has 120 valence electrons. The lowest BCUT2D eigenvalue weighted by Gasteiger charge is -2.08. The fourth-order valence-corrected chi connectivity index (χ4v) is 1.79. The zero-order chi connectivity index (χ0) is 16.5. The van der Waals surface area contributed by atoms with Gasteiger partial charge in [0.05, 0.1) is 6.61 Å². The van der Waals surface area contributed by atoms with Gasteiger partial charge in [0.25, 0.3) is 11.8 Å². The summed E-state index contributed by atoms with van der Waals surface area (Å²) in [5.41, 5.74) is 0.519. The molecule has 7 heteroatoms. The average molecular weight is 345 g/mol. The highest BCUT2D eigenvalue weighted by Gasteiger charge is 2.17. The quantitative estimate of drug-likeness (QED) is 0.746. The molecule has 0 aromatic heterocycles.